The quantitative estimate of drug-likeness (QED) is 0.188. The Labute approximate surface area is 287 Å². The first-order chi connectivity index (χ1) is 24.2. The first-order valence-corrected chi connectivity index (χ1v) is 17.8. The second-order valence-electron chi connectivity index (χ2n) is 12.3. The number of furan rings is 1. The van der Waals surface area contributed by atoms with Gasteiger partial charge in [-0.3, -0.25) is 0 Å². The molecule has 0 radical (unpaired) electrons. The number of oxazole rings is 1. The normalized spacial score (nSPS) is 12.1. The van der Waals surface area contributed by atoms with Crippen LogP contribution in [0.3, 0.4) is 0 Å². The van der Waals surface area contributed by atoms with Crippen molar-refractivity contribution in [2.45, 2.75) is 0 Å². The molecule has 49 heavy (non-hydrogen) atoms. The molecule has 0 amide bonds. The predicted molar refractivity (Wildman–Crippen MR) is 207 cm³/mol. The molecule has 4 aromatic heterocycles. The highest BCUT2D eigenvalue weighted by atomic mass is 32.1. The van der Waals surface area contributed by atoms with E-state index in [0.717, 1.165) is 55.7 Å². The molecule has 0 saturated heterocycles. The van der Waals surface area contributed by atoms with Gasteiger partial charge in [-0.2, -0.15) is 0 Å². The van der Waals surface area contributed by atoms with Gasteiger partial charge < -0.3 is 13.7 Å². The van der Waals surface area contributed by atoms with E-state index in [0.29, 0.717) is 5.89 Å². The molecule has 4 nitrogen and oxygen atoms in total. The summed E-state index contributed by atoms with van der Waals surface area (Å²) in [6.45, 7) is 0. The number of hydrogen-bond acceptors (Lipinski definition) is 6. The number of anilines is 3. The Morgan fingerprint density at radius 1 is 0.449 bits per heavy atom. The van der Waals surface area contributed by atoms with Gasteiger partial charge in [0.2, 0.25) is 5.89 Å². The lowest BCUT2D eigenvalue weighted by atomic mass is 10.1. The van der Waals surface area contributed by atoms with E-state index >= 15 is 0 Å². The molecule has 230 valence electrons. The van der Waals surface area contributed by atoms with E-state index < -0.39 is 0 Å². The van der Waals surface area contributed by atoms with Gasteiger partial charge in [0.1, 0.15) is 16.7 Å². The number of hydrogen-bond donors (Lipinski definition) is 0. The van der Waals surface area contributed by atoms with Crippen molar-refractivity contribution in [3.63, 3.8) is 0 Å². The molecule has 0 bridgehead atoms. The molecule has 7 aromatic carbocycles. The minimum Gasteiger partial charge on any atom is -0.456 e. The van der Waals surface area contributed by atoms with E-state index in [1.165, 1.54) is 40.3 Å². The fraction of sp³-hybridized carbons (Fsp3) is 0. The second kappa shape index (κ2) is 10.3. The molecule has 0 unspecified atom stereocenters. The molecular weight excluding hydrogens is 641 g/mol. The maximum Gasteiger partial charge on any atom is 0.227 e. The largest absolute Gasteiger partial charge is 0.456 e. The molecule has 0 aliphatic carbocycles. The maximum absolute atomic E-state index is 6.48. The number of benzene rings is 7. The Morgan fingerprint density at radius 3 is 1.67 bits per heavy atom. The van der Waals surface area contributed by atoms with Crippen LogP contribution in [0.5, 0.6) is 0 Å². The first-order valence-electron chi connectivity index (χ1n) is 16.2. The number of nitrogens with zero attached hydrogens (tertiary/aromatic N) is 2. The summed E-state index contributed by atoms with van der Waals surface area (Å²) in [5.74, 6) is 0.600. The van der Waals surface area contributed by atoms with Gasteiger partial charge in [-0.25, -0.2) is 4.98 Å². The lowest BCUT2D eigenvalue weighted by molar-refractivity contribution is 0.622. The minimum absolute atomic E-state index is 0.600. The highest BCUT2D eigenvalue weighted by Gasteiger charge is 2.21. The van der Waals surface area contributed by atoms with Crippen LogP contribution >= 0.6 is 22.7 Å². The van der Waals surface area contributed by atoms with Crippen LogP contribution in [0.1, 0.15) is 0 Å². The molecule has 4 heterocycles. The third-order valence-electron chi connectivity index (χ3n) is 9.49. The summed E-state index contributed by atoms with van der Waals surface area (Å²) < 4.78 is 18.0. The monoisotopic (exact) mass is 664 g/mol. The molecule has 6 heteroatoms. The molecule has 0 atom stereocenters. The highest BCUT2D eigenvalue weighted by molar-refractivity contribution is 7.26. The molecule has 0 aliphatic heterocycles. The lowest BCUT2D eigenvalue weighted by Gasteiger charge is -2.26. The van der Waals surface area contributed by atoms with Crippen molar-refractivity contribution in [3.05, 3.63) is 146 Å². The van der Waals surface area contributed by atoms with Crippen LogP contribution in [0.15, 0.2) is 154 Å². The summed E-state index contributed by atoms with van der Waals surface area (Å²) in [5.41, 5.74) is 7.29. The van der Waals surface area contributed by atoms with Crippen molar-refractivity contribution in [3.8, 4) is 11.5 Å². The predicted octanol–water partition coefficient (Wildman–Crippen LogP) is 13.6. The Hall–Kier alpha value is -5.95. The van der Waals surface area contributed by atoms with Gasteiger partial charge >= 0.3 is 0 Å². The van der Waals surface area contributed by atoms with Gasteiger partial charge in [0, 0.05) is 68.4 Å². The summed E-state index contributed by atoms with van der Waals surface area (Å²) >= 11 is 3.68. The SMILES string of the molecule is c1ccc(-c2nc3ccc4oc5ccc(N(c6ccc7sc8ccccc8c7c6)c6ccc7sc8ccccc8c7c6)cc5c4c3o2)cc1. The van der Waals surface area contributed by atoms with E-state index in [4.69, 9.17) is 13.8 Å². The van der Waals surface area contributed by atoms with E-state index in [1.54, 1.807) is 0 Å². The van der Waals surface area contributed by atoms with Crippen LogP contribution in [-0.2, 0) is 0 Å². The standard InChI is InChI=1S/C43H24N2O2S2/c1-2-8-25(9-3-1)43-44-34-17-19-36-41(42(34)47-43)33-24-26(14-18-35(33)46-36)45(27-15-20-39-31(22-27)29-10-4-6-12-37(29)48-39)28-16-21-40-32(23-28)30-11-5-7-13-38(30)49-40/h1-24H. The topological polar surface area (TPSA) is 42.4 Å². The van der Waals surface area contributed by atoms with Crippen molar-refractivity contribution in [1.29, 1.82) is 0 Å². The van der Waals surface area contributed by atoms with Gasteiger partial charge in [0.05, 0.1) is 5.39 Å². The van der Waals surface area contributed by atoms with E-state index in [1.807, 2.05) is 65.1 Å². The van der Waals surface area contributed by atoms with Crippen LogP contribution in [0.25, 0.3) is 84.8 Å². The summed E-state index contributed by atoms with van der Waals surface area (Å²) in [7, 11) is 0. The van der Waals surface area contributed by atoms with Gasteiger partial charge in [-0.1, -0.05) is 54.6 Å². The Balaban J connectivity index is 1.16. The fourth-order valence-corrected chi connectivity index (χ4v) is 9.40. The van der Waals surface area contributed by atoms with E-state index in [2.05, 4.69) is 108 Å². The van der Waals surface area contributed by atoms with Crippen molar-refractivity contribution in [2.75, 3.05) is 4.90 Å². The van der Waals surface area contributed by atoms with Crippen LogP contribution in [0.2, 0.25) is 0 Å². The van der Waals surface area contributed by atoms with Crippen LogP contribution in [-0.4, -0.2) is 4.98 Å². The van der Waals surface area contributed by atoms with E-state index in [9.17, 15) is 0 Å². The third kappa shape index (κ3) is 4.11. The average Bonchev–Trinajstić information content (AvgIpc) is 3.93. The van der Waals surface area contributed by atoms with Gasteiger partial charge in [0.25, 0.3) is 0 Å². The second-order valence-corrected chi connectivity index (χ2v) is 14.5. The molecule has 11 aromatic rings. The molecule has 0 N–H and O–H groups in total. The maximum atomic E-state index is 6.48. The number of rotatable bonds is 4. The van der Waals surface area contributed by atoms with Gasteiger partial charge in [-0.15, -0.1) is 22.7 Å². The number of fused-ring (bicyclic) bond motifs is 11. The first kappa shape index (κ1) is 27.0. The number of aromatic nitrogens is 1. The van der Waals surface area contributed by atoms with Crippen LogP contribution in [0.4, 0.5) is 17.1 Å². The Kier molecular flexibility index (Phi) is 5.67. The summed E-state index contributed by atoms with van der Waals surface area (Å²) in [6, 6.07) is 51.5. The summed E-state index contributed by atoms with van der Waals surface area (Å²) in [6.07, 6.45) is 0. The third-order valence-corrected chi connectivity index (χ3v) is 11.8. The van der Waals surface area contributed by atoms with Crippen molar-refractivity contribution in [2.24, 2.45) is 0 Å². The Bertz CT molecular complexity index is 2960. The lowest BCUT2D eigenvalue weighted by Crippen LogP contribution is -2.09. The Morgan fingerprint density at radius 2 is 1.00 bits per heavy atom. The van der Waals surface area contributed by atoms with Crippen molar-refractivity contribution >= 4 is 113 Å². The fourth-order valence-electron chi connectivity index (χ4n) is 7.23. The zero-order valence-corrected chi connectivity index (χ0v) is 27.5. The molecular formula is C43H24N2O2S2. The molecule has 0 spiro atoms. The minimum atomic E-state index is 0.600. The summed E-state index contributed by atoms with van der Waals surface area (Å²) in [4.78, 5) is 7.22. The van der Waals surface area contributed by atoms with E-state index in [-0.39, 0.29) is 0 Å². The zero-order chi connectivity index (χ0) is 32.1. The molecule has 0 fully saturated rings. The van der Waals surface area contributed by atoms with Crippen LogP contribution in [0, 0.1) is 0 Å². The molecule has 0 aliphatic rings. The smallest absolute Gasteiger partial charge is 0.227 e. The molecule has 11 rings (SSSR count). The molecule has 0 saturated carbocycles. The van der Waals surface area contributed by atoms with Crippen molar-refractivity contribution in [1.82, 2.24) is 4.98 Å². The van der Waals surface area contributed by atoms with Crippen molar-refractivity contribution < 1.29 is 8.83 Å². The number of thiophene rings is 2. The summed E-state index contributed by atoms with van der Waals surface area (Å²) in [5, 5.41) is 7.00. The average molecular weight is 665 g/mol. The van der Waals surface area contributed by atoms with Gasteiger partial charge in [0.15, 0.2) is 5.58 Å². The van der Waals surface area contributed by atoms with Crippen LogP contribution < -0.4 is 4.90 Å². The highest BCUT2D eigenvalue weighted by Crippen LogP contribution is 2.45. The zero-order valence-electron chi connectivity index (χ0n) is 25.9. The van der Waals surface area contributed by atoms with Gasteiger partial charge in [-0.05, 0) is 91.0 Å².